The molecular formula is C23H31NO3S2. The van der Waals surface area contributed by atoms with Crippen molar-refractivity contribution in [1.82, 2.24) is 4.90 Å². The lowest BCUT2D eigenvalue weighted by Gasteiger charge is -2.61. The molecule has 0 unspecified atom stereocenters. The third kappa shape index (κ3) is 2.61. The number of piperidine rings is 1. The van der Waals surface area contributed by atoms with Crippen LogP contribution in [0.3, 0.4) is 0 Å². The minimum atomic E-state index is -0.682. The van der Waals surface area contributed by atoms with Crippen LogP contribution in [-0.4, -0.2) is 52.5 Å². The standard InChI is InChI=1S/C23H31NO3S2/c1-3-12-26-17-6-4-14-13-16-15-5-7-18(25)23(9-8-19(28)29)22(15,10-11-24(16)2)20(14)21(17)27-23/h4-7,15-16,18-19,25,28-29H,3,8-13H2,1-2H3/t15-,16+,18-,22-,23-/m0/s1. The van der Waals surface area contributed by atoms with E-state index in [1.807, 2.05) is 6.08 Å². The number of aliphatic hydroxyl groups is 1. The van der Waals surface area contributed by atoms with Crippen LogP contribution in [0.4, 0.5) is 0 Å². The van der Waals surface area contributed by atoms with Crippen molar-refractivity contribution < 1.29 is 14.6 Å². The van der Waals surface area contributed by atoms with Crippen LogP contribution in [0.2, 0.25) is 0 Å². The average molecular weight is 434 g/mol. The SMILES string of the molecule is CCCOc1ccc2c3c1O[C@@]1(CCC(S)S)[C@@H](O)C=C[C@H]4[C@@H](C2)N(C)CC[C@@]341. The third-order valence-electron chi connectivity index (χ3n) is 7.75. The van der Waals surface area contributed by atoms with Crippen LogP contribution in [0.5, 0.6) is 11.5 Å². The van der Waals surface area contributed by atoms with E-state index < -0.39 is 11.7 Å². The van der Waals surface area contributed by atoms with Crippen LogP contribution in [0.1, 0.15) is 43.7 Å². The fourth-order valence-electron chi connectivity index (χ4n) is 6.52. The average Bonchev–Trinajstić information content (AvgIpc) is 3.01. The molecule has 1 N–H and O–H groups in total. The van der Waals surface area contributed by atoms with Crippen molar-refractivity contribution in [3.05, 3.63) is 35.4 Å². The highest BCUT2D eigenvalue weighted by molar-refractivity contribution is 7.99. The smallest absolute Gasteiger partial charge is 0.166 e. The second kappa shape index (κ2) is 7.11. The van der Waals surface area contributed by atoms with Gasteiger partial charge in [-0.05, 0) is 57.3 Å². The van der Waals surface area contributed by atoms with Gasteiger partial charge in [-0.1, -0.05) is 25.1 Å². The first-order chi connectivity index (χ1) is 13.9. The van der Waals surface area contributed by atoms with Crippen molar-refractivity contribution in [2.75, 3.05) is 20.2 Å². The quantitative estimate of drug-likeness (QED) is 0.364. The molecule has 2 heterocycles. The Morgan fingerprint density at radius 3 is 2.93 bits per heavy atom. The van der Waals surface area contributed by atoms with Gasteiger partial charge in [0, 0.05) is 22.1 Å². The summed E-state index contributed by atoms with van der Waals surface area (Å²) < 4.78 is 13.0. The van der Waals surface area contributed by atoms with E-state index in [0.717, 1.165) is 50.1 Å². The van der Waals surface area contributed by atoms with Gasteiger partial charge in [0.25, 0.3) is 0 Å². The third-order valence-corrected chi connectivity index (χ3v) is 8.26. The summed E-state index contributed by atoms with van der Waals surface area (Å²) in [5.41, 5.74) is 1.76. The van der Waals surface area contributed by atoms with Crippen molar-refractivity contribution in [3.8, 4) is 11.5 Å². The lowest BCUT2D eigenvalue weighted by Crippen LogP contribution is -2.71. The van der Waals surface area contributed by atoms with Crippen molar-refractivity contribution in [1.29, 1.82) is 0 Å². The summed E-state index contributed by atoms with van der Waals surface area (Å²) in [5.74, 6) is 2.03. The molecule has 1 aromatic rings. The zero-order valence-corrected chi connectivity index (χ0v) is 19.0. The second-order valence-electron chi connectivity index (χ2n) is 9.12. The fourth-order valence-corrected chi connectivity index (χ4v) is 6.78. The predicted octanol–water partition coefficient (Wildman–Crippen LogP) is 3.62. The van der Waals surface area contributed by atoms with Gasteiger partial charge in [0.1, 0.15) is 11.7 Å². The Kier molecular flexibility index (Phi) is 4.93. The van der Waals surface area contributed by atoms with Gasteiger partial charge in [-0.25, -0.2) is 0 Å². The van der Waals surface area contributed by atoms with Crippen molar-refractivity contribution in [2.45, 2.75) is 66.8 Å². The number of rotatable bonds is 6. The van der Waals surface area contributed by atoms with E-state index >= 15 is 0 Å². The number of likely N-dealkylation sites (tertiary alicyclic amines) is 1. The van der Waals surface area contributed by atoms with Crippen LogP contribution in [0, 0.1) is 5.92 Å². The van der Waals surface area contributed by atoms with Gasteiger partial charge >= 0.3 is 0 Å². The van der Waals surface area contributed by atoms with E-state index in [4.69, 9.17) is 9.47 Å². The monoisotopic (exact) mass is 433 g/mol. The number of nitrogens with zero attached hydrogens (tertiary/aromatic N) is 1. The first-order valence-corrected chi connectivity index (χ1v) is 11.9. The van der Waals surface area contributed by atoms with Crippen molar-refractivity contribution in [2.24, 2.45) is 5.92 Å². The molecule has 0 saturated carbocycles. The molecule has 6 heteroatoms. The lowest BCUT2D eigenvalue weighted by atomic mass is 9.48. The Bertz CT molecular complexity index is 844. The van der Waals surface area contributed by atoms with Gasteiger partial charge in [-0.15, -0.1) is 0 Å². The number of thiol groups is 2. The fraction of sp³-hybridized carbons (Fsp3) is 0.652. The van der Waals surface area contributed by atoms with E-state index in [0.29, 0.717) is 18.6 Å². The summed E-state index contributed by atoms with van der Waals surface area (Å²) in [7, 11) is 2.23. The Morgan fingerprint density at radius 1 is 1.34 bits per heavy atom. The molecule has 2 bridgehead atoms. The number of hydrogen-bond donors (Lipinski definition) is 3. The zero-order valence-electron chi connectivity index (χ0n) is 17.2. The highest BCUT2D eigenvalue weighted by Gasteiger charge is 2.71. The van der Waals surface area contributed by atoms with Gasteiger partial charge in [-0.3, -0.25) is 0 Å². The molecule has 4 aliphatic rings. The van der Waals surface area contributed by atoms with Crippen LogP contribution in [-0.2, 0) is 11.8 Å². The van der Waals surface area contributed by atoms with Crippen LogP contribution >= 0.6 is 25.3 Å². The molecular weight excluding hydrogens is 402 g/mol. The normalized spacial score (nSPS) is 36.8. The maximum absolute atomic E-state index is 11.4. The lowest BCUT2D eigenvalue weighted by molar-refractivity contribution is -0.126. The van der Waals surface area contributed by atoms with Crippen LogP contribution in [0.15, 0.2) is 24.3 Å². The summed E-state index contributed by atoms with van der Waals surface area (Å²) >= 11 is 9.03. The van der Waals surface area contributed by atoms with Gasteiger partial charge in [-0.2, -0.15) is 25.3 Å². The molecule has 158 valence electrons. The van der Waals surface area contributed by atoms with E-state index in [-0.39, 0.29) is 10.00 Å². The Balaban J connectivity index is 1.73. The molecule has 1 spiro atoms. The van der Waals surface area contributed by atoms with Crippen LogP contribution in [0.25, 0.3) is 0 Å². The van der Waals surface area contributed by atoms with E-state index in [2.05, 4.69) is 62.3 Å². The second-order valence-corrected chi connectivity index (χ2v) is 10.8. The Hall–Kier alpha value is -0.820. The molecule has 1 fully saturated rings. The Morgan fingerprint density at radius 2 is 2.17 bits per heavy atom. The molecule has 0 radical (unpaired) electrons. The van der Waals surface area contributed by atoms with Gasteiger partial charge < -0.3 is 19.5 Å². The number of aliphatic hydroxyl groups excluding tert-OH is 1. The maximum Gasteiger partial charge on any atom is 0.166 e. The molecule has 2 aliphatic heterocycles. The first kappa shape index (κ1) is 20.1. The Labute approximate surface area is 184 Å². The summed E-state index contributed by atoms with van der Waals surface area (Å²) in [6, 6.07) is 4.73. The minimum Gasteiger partial charge on any atom is -0.490 e. The highest BCUT2D eigenvalue weighted by Crippen LogP contribution is 2.67. The maximum atomic E-state index is 11.4. The van der Waals surface area contributed by atoms with Crippen LogP contribution < -0.4 is 9.47 Å². The largest absolute Gasteiger partial charge is 0.490 e. The van der Waals surface area contributed by atoms with Gasteiger partial charge in [0.2, 0.25) is 0 Å². The topological polar surface area (TPSA) is 41.9 Å². The van der Waals surface area contributed by atoms with E-state index in [9.17, 15) is 5.11 Å². The summed E-state index contributed by atoms with van der Waals surface area (Å²) in [5, 5.41) is 11.4. The predicted molar refractivity (Wildman–Crippen MR) is 122 cm³/mol. The van der Waals surface area contributed by atoms with Gasteiger partial charge in [0.15, 0.2) is 11.5 Å². The van der Waals surface area contributed by atoms with E-state index in [1.165, 1.54) is 11.1 Å². The molecule has 1 aromatic carbocycles. The zero-order chi connectivity index (χ0) is 20.4. The highest BCUT2D eigenvalue weighted by atomic mass is 32.2. The molecule has 1 saturated heterocycles. The first-order valence-electron chi connectivity index (χ1n) is 10.9. The number of ether oxygens (including phenoxy) is 2. The molecule has 0 aromatic heterocycles. The summed E-state index contributed by atoms with van der Waals surface area (Å²) in [6.45, 7) is 3.79. The molecule has 5 rings (SSSR count). The molecule has 2 aliphatic carbocycles. The van der Waals surface area contributed by atoms with Crippen molar-refractivity contribution >= 4 is 25.3 Å². The van der Waals surface area contributed by atoms with Crippen molar-refractivity contribution in [3.63, 3.8) is 0 Å². The molecule has 0 amide bonds. The summed E-state index contributed by atoms with van der Waals surface area (Å²) in [4.78, 5) is 2.49. The molecule has 29 heavy (non-hydrogen) atoms. The van der Waals surface area contributed by atoms with Gasteiger partial charge in [0.05, 0.1) is 12.0 Å². The molecule has 5 atom stereocenters. The number of benzene rings is 1. The molecule has 4 nitrogen and oxygen atoms in total. The number of likely N-dealkylation sites (N-methyl/N-ethyl adjacent to an activating group) is 1. The minimum absolute atomic E-state index is 0.0365. The summed E-state index contributed by atoms with van der Waals surface area (Å²) in [6.07, 6.45) is 8.04. The van der Waals surface area contributed by atoms with E-state index in [1.54, 1.807) is 0 Å². The number of hydrogen-bond acceptors (Lipinski definition) is 6.